The van der Waals surface area contributed by atoms with Gasteiger partial charge in [0.1, 0.15) is 11.4 Å². The molecule has 0 spiro atoms. The van der Waals surface area contributed by atoms with E-state index in [4.69, 9.17) is 15.2 Å². The number of nitrogens with zero attached hydrogens (tertiary/aromatic N) is 2. The number of fused-ring (bicyclic) bond motifs is 1. The maximum atomic E-state index is 11.0. The summed E-state index contributed by atoms with van der Waals surface area (Å²) < 4.78 is 11.0. The van der Waals surface area contributed by atoms with Crippen molar-refractivity contribution in [1.82, 2.24) is 9.97 Å². The summed E-state index contributed by atoms with van der Waals surface area (Å²) >= 11 is 1.46. The van der Waals surface area contributed by atoms with Crippen molar-refractivity contribution >= 4 is 34.4 Å². The van der Waals surface area contributed by atoms with E-state index in [0.29, 0.717) is 23.8 Å². The number of aromatic nitrogens is 2. The van der Waals surface area contributed by atoms with Crippen LogP contribution in [-0.4, -0.2) is 29.7 Å². The van der Waals surface area contributed by atoms with E-state index in [1.54, 1.807) is 13.2 Å². The highest BCUT2D eigenvalue weighted by molar-refractivity contribution is 7.99. The fourth-order valence-electron chi connectivity index (χ4n) is 2.44. The summed E-state index contributed by atoms with van der Waals surface area (Å²) in [6, 6.07) is 10.5. The van der Waals surface area contributed by atoms with E-state index in [9.17, 15) is 4.79 Å². The number of nitrogens with two attached hydrogens (primary N) is 1. The van der Waals surface area contributed by atoms with Crippen LogP contribution in [0.2, 0.25) is 0 Å². The lowest BCUT2D eigenvalue weighted by atomic mass is 10.2. The number of rotatable bonds is 6. The molecule has 3 aromatic rings. The van der Waals surface area contributed by atoms with Gasteiger partial charge in [0.15, 0.2) is 11.5 Å². The lowest BCUT2D eigenvalue weighted by Crippen LogP contribution is -2.19. The Morgan fingerprint density at radius 2 is 2.08 bits per heavy atom. The zero-order valence-corrected chi connectivity index (χ0v) is 15.2. The molecule has 2 aromatic carbocycles. The summed E-state index contributed by atoms with van der Waals surface area (Å²) in [5.74, 6) is 1.27. The Bertz CT molecular complexity index is 949. The first-order chi connectivity index (χ1) is 12.6. The van der Waals surface area contributed by atoms with Crippen LogP contribution < -0.4 is 20.5 Å². The van der Waals surface area contributed by atoms with Crippen molar-refractivity contribution in [1.29, 1.82) is 0 Å². The molecule has 2 amide bonds. The molecule has 1 aromatic heterocycles. The van der Waals surface area contributed by atoms with E-state index in [0.717, 1.165) is 20.8 Å². The molecule has 0 saturated heterocycles. The van der Waals surface area contributed by atoms with E-state index in [-0.39, 0.29) is 0 Å². The summed E-state index contributed by atoms with van der Waals surface area (Å²) in [5, 5.41) is 4.19. The molecule has 0 fully saturated rings. The molecule has 8 heteroatoms. The molecule has 1 heterocycles. The fourth-order valence-corrected chi connectivity index (χ4v) is 3.37. The minimum absolute atomic E-state index is 0.527. The zero-order valence-electron chi connectivity index (χ0n) is 14.4. The van der Waals surface area contributed by atoms with Crippen molar-refractivity contribution < 1.29 is 14.3 Å². The first-order valence-corrected chi connectivity index (χ1v) is 8.72. The highest BCUT2D eigenvalue weighted by Crippen LogP contribution is 2.37. The van der Waals surface area contributed by atoms with Crippen LogP contribution >= 0.6 is 11.8 Å². The molecule has 0 radical (unpaired) electrons. The minimum Gasteiger partial charge on any atom is -0.493 e. The number of carbonyl (C=O) groups excluding carboxylic acids is 1. The van der Waals surface area contributed by atoms with E-state index in [1.165, 1.54) is 18.1 Å². The van der Waals surface area contributed by atoms with Crippen molar-refractivity contribution in [2.75, 3.05) is 19.0 Å². The highest BCUT2D eigenvalue weighted by Gasteiger charge is 2.12. The van der Waals surface area contributed by atoms with Gasteiger partial charge in [0, 0.05) is 22.0 Å². The summed E-state index contributed by atoms with van der Waals surface area (Å²) in [5.41, 5.74) is 6.55. The van der Waals surface area contributed by atoms with E-state index < -0.39 is 6.03 Å². The van der Waals surface area contributed by atoms with Gasteiger partial charge in [-0.1, -0.05) is 17.8 Å². The average Bonchev–Trinajstić information content (AvgIpc) is 2.62. The summed E-state index contributed by atoms with van der Waals surface area (Å²) in [4.78, 5) is 20.6. The third-order valence-electron chi connectivity index (χ3n) is 3.50. The Morgan fingerprint density at radius 3 is 2.81 bits per heavy atom. The second kappa shape index (κ2) is 7.92. The van der Waals surface area contributed by atoms with Crippen LogP contribution in [0, 0.1) is 0 Å². The van der Waals surface area contributed by atoms with Crippen LogP contribution in [0.5, 0.6) is 11.5 Å². The number of methoxy groups -OCH3 is 1. The number of benzene rings is 2. The predicted molar refractivity (Wildman–Crippen MR) is 101 cm³/mol. The molecular formula is C18H18N4O3S. The number of hydrogen-bond donors (Lipinski definition) is 2. The molecule has 0 aliphatic rings. The second-order valence-electron chi connectivity index (χ2n) is 5.25. The molecule has 7 nitrogen and oxygen atoms in total. The average molecular weight is 370 g/mol. The molecular weight excluding hydrogens is 352 g/mol. The normalized spacial score (nSPS) is 10.5. The maximum Gasteiger partial charge on any atom is 0.316 e. The maximum absolute atomic E-state index is 11.0. The topological polar surface area (TPSA) is 99.4 Å². The van der Waals surface area contributed by atoms with Gasteiger partial charge in [-0.25, -0.2) is 14.8 Å². The SMILES string of the molecule is CCOc1cc2c(Sc3cccc(NC(N)=O)c3)ncnc2cc1OC. The Kier molecular flexibility index (Phi) is 5.43. The molecule has 0 aliphatic carbocycles. The Balaban J connectivity index is 2.00. The summed E-state index contributed by atoms with van der Waals surface area (Å²) in [6.07, 6.45) is 1.51. The molecule has 3 N–H and O–H groups in total. The van der Waals surface area contributed by atoms with Crippen LogP contribution in [0.25, 0.3) is 10.9 Å². The monoisotopic (exact) mass is 370 g/mol. The molecule has 26 heavy (non-hydrogen) atoms. The molecule has 0 saturated carbocycles. The fraction of sp³-hybridized carbons (Fsp3) is 0.167. The van der Waals surface area contributed by atoms with Crippen molar-refractivity contribution in [3.8, 4) is 11.5 Å². The van der Waals surface area contributed by atoms with Crippen molar-refractivity contribution in [3.05, 3.63) is 42.7 Å². The van der Waals surface area contributed by atoms with Gasteiger partial charge in [0.2, 0.25) is 0 Å². The predicted octanol–water partition coefficient (Wildman–Crippen LogP) is 3.68. The van der Waals surface area contributed by atoms with Gasteiger partial charge in [-0.15, -0.1) is 0 Å². The van der Waals surface area contributed by atoms with Gasteiger partial charge in [0.05, 0.1) is 19.2 Å². The van der Waals surface area contributed by atoms with Gasteiger partial charge >= 0.3 is 6.03 Å². The van der Waals surface area contributed by atoms with E-state index in [2.05, 4.69) is 15.3 Å². The lowest BCUT2D eigenvalue weighted by molar-refractivity contribution is 0.259. The van der Waals surface area contributed by atoms with Gasteiger partial charge in [0.25, 0.3) is 0 Å². The Labute approximate surface area is 154 Å². The zero-order chi connectivity index (χ0) is 18.5. The second-order valence-corrected chi connectivity index (χ2v) is 6.31. The first-order valence-electron chi connectivity index (χ1n) is 7.90. The van der Waals surface area contributed by atoms with Crippen molar-refractivity contribution in [2.24, 2.45) is 5.73 Å². The van der Waals surface area contributed by atoms with E-state index >= 15 is 0 Å². The van der Waals surface area contributed by atoms with Gasteiger partial charge in [-0.05, 0) is 31.2 Å². The summed E-state index contributed by atoms with van der Waals surface area (Å²) in [6.45, 7) is 2.44. The van der Waals surface area contributed by atoms with Gasteiger partial charge < -0.3 is 20.5 Å². The number of urea groups is 1. The van der Waals surface area contributed by atoms with Crippen LogP contribution in [0.15, 0.2) is 52.6 Å². The largest absolute Gasteiger partial charge is 0.493 e. The Morgan fingerprint density at radius 1 is 1.23 bits per heavy atom. The van der Waals surface area contributed by atoms with Crippen LogP contribution in [-0.2, 0) is 0 Å². The van der Waals surface area contributed by atoms with Gasteiger partial charge in [-0.3, -0.25) is 0 Å². The van der Waals surface area contributed by atoms with Crippen LogP contribution in [0.3, 0.4) is 0 Å². The molecule has 0 bridgehead atoms. The van der Waals surface area contributed by atoms with E-state index in [1.807, 2.05) is 37.3 Å². The molecule has 3 rings (SSSR count). The molecule has 0 unspecified atom stereocenters. The third-order valence-corrected chi connectivity index (χ3v) is 4.51. The van der Waals surface area contributed by atoms with Crippen LogP contribution in [0.4, 0.5) is 10.5 Å². The standard InChI is InChI=1S/C18H18N4O3S/c1-3-25-16-8-13-14(9-15(16)24-2)20-10-21-17(13)26-12-6-4-5-11(7-12)22-18(19)23/h4-10H,3H2,1-2H3,(H3,19,22,23). The van der Waals surface area contributed by atoms with Crippen molar-refractivity contribution in [3.63, 3.8) is 0 Å². The lowest BCUT2D eigenvalue weighted by Gasteiger charge is -2.12. The van der Waals surface area contributed by atoms with Crippen LogP contribution in [0.1, 0.15) is 6.92 Å². The molecule has 0 atom stereocenters. The number of carbonyl (C=O) groups is 1. The number of nitrogens with one attached hydrogen (secondary N) is 1. The minimum atomic E-state index is -0.604. The number of anilines is 1. The Hall–Kier alpha value is -3.00. The number of primary amides is 1. The third kappa shape index (κ3) is 3.97. The highest BCUT2D eigenvalue weighted by atomic mass is 32.2. The summed E-state index contributed by atoms with van der Waals surface area (Å²) in [7, 11) is 1.60. The number of ether oxygens (including phenoxy) is 2. The van der Waals surface area contributed by atoms with Crippen molar-refractivity contribution in [2.45, 2.75) is 16.8 Å². The number of hydrogen-bond acceptors (Lipinski definition) is 6. The van der Waals surface area contributed by atoms with Gasteiger partial charge in [-0.2, -0.15) is 0 Å². The molecule has 134 valence electrons. The quantitative estimate of drug-likeness (QED) is 0.642. The molecule has 0 aliphatic heterocycles. The smallest absolute Gasteiger partial charge is 0.316 e. The first kappa shape index (κ1) is 17.8. The number of amides is 2.